The first-order valence-corrected chi connectivity index (χ1v) is 9.05. The van der Waals surface area contributed by atoms with Gasteiger partial charge in [-0.05, 0) is 43.9 Å². The molecule has 1 heterocycles. The third kappa shape index (κ3) is 4.73. The zero-order chi connectivity index (χ0) is 14.5. The normalized spacial score (nSPS) is 36.5. The van der Waals surface area contributed by atoms with Crippen LogP contribution in [0.5, 0.6) is 0 Å². The predicted octanol–water partition coefficient (Wildman–Crippen LogP) is 3.91. The van der Waals surface area contributed by atoms with Crippen LogP contribution < -0.4 is 5.32 Å². The molecular formula is C18H36N2. The second kappa shape index (κ2) is 7.79. The lowest BCUT2D eigenvalue weighted by molar-refractivity contribution is 0.0963. The first-order chi connectivity index (χ1) is 9.58. The molecule has 20 heavy (non-hydrogen) atoms. The monoisotopic (exact) mass is 280 g/mol. The average Bonchev–Trinajstić information content (AvgIpc) is 2.43. The number of piperazine rings is 1. The van der Waals surface area contributed by atoms with Crippen LogP contribution in [0.1, 0.15) is 66.2 Å². The van der Waals surface area contributed by atoms with Crippen LogP contribution in [-0.4, -0.2) is 36.6 Å². The Morgan fingerprint density at radius 1 is 1.10 bits per heavy atom. The van der Waals surface area contributed by atoms with Gasteiger partial charge in [-0.3, -0.25) is 4.90 Å². The highest BCUT2D eigenvalue weighted by atomic mass is 15.2. The van der Waals surface area contributed by atoms with Crippen molar-refractivity contribution < 1.29 is 0 Å². The topological polar surface area (TPSA) is 15.3 Å². The van der Waals surface area contributed by atoms with Gasteiger partial charge in [0.1, 0.15) is 0 Å². The van der Waals surface area contributed by atoms with Gasteiger partial charge in [0.15, 0.2) is 0 Å². The number of hydrogen-bond donors (Lipinski definition) is 1. The Balaban J connectivity index is 1.78. The molecule has 0 radical (unpaired) electrons. The molecule has 1 N–H and O–H groups in total. The lowest BCUT2D eigenvalue weighted by Crippen LogP contribution is -2.56. The zero-order valence-corrected chi connectivity index (χ0v) is 14.2. The quantitative estimate of drug-likeness (QED) is 0.821. The molecule has 2 heteroatoms. The van der Waals surface area contributed by atoms with Crippen molar-refractivity contribution in [3.8, 4) is 0 Å². The molecule has 0 amide bonds. The Morgan fingerprint density at radius 2 is 1.75 bits per heavy atom. The molecule has 1 aliphatic carbocycles. The molecule has 0 aromatic heterocycles. The Hall–Kier alpha value is -0.0800. The first-order valence-electron chi connectivity index (χ1n) is 9.05. The average molecular weight is 281 g/mol. The van der Waals surface area contributed by atoms with Crippen molar-refractivity contribution in [3.63, 3.8) is 0 Å². The third-order valence-corrected chi connectivity index (χ3v) is 5.57. The fourth-order valence-corrected chi connectivity index (χ4v) is 4.13. The van der Waals surface area contributed by atoms with Crippen LogP contribution in [0.3, 0.4) is 0 Å². The molecule has 1 saturated heterocycles. The third-order valence-electron chi connectivity index (χ3n) is 5.57. The maximum Gasteiger partial charge on any atom is 0.0198 e. The lowest BCUT2D eigenvalue weighted by atomic mass is 9.80. The van der Waals surface area contributed by atoms with Crippen LogP contribution >= 0.6 is 0 Å². The highest BCUT2D eigenvalue weighted by Crippen LogP contribution is 2.31. The summed E-state index contributed by atoms with van der Waals surface area (Å²) in [6.45, 7) is 13.3. The Bertz CT molecular complexity index is 269. The van der Waals surface area contributed by atoms with E-state index >= 15 is 0 Å². The van der Waals surface area contributed by atoms with Crippen molar-refractivity contribution >= 4 is 0 Å². The molecule has 0 bridgehead atoms. The fraction of sp³-hybridized carbons (Fsp3) is 1.00. The second-order valence-electron chi connectivity index (χ2n) is 7.83. The van der Waals surface area contributed by atoms with Gasteiger partial charge in [0.25, 0.3) is 0 Å². The summed E-state index contributed by atoms with van der Waals surface area (Å²) in [6.07, 6.45) is 8.64. The van der Waals surface area contributed by atoms with Gasteiger partial charge in [-0.25, -0.2) is 0 Å². The minimum atomic E-state index is 0.721. The maximum absolute atomic E-state index is 3.74. The van der Waals surface area contributed by atoms with Crippen LogP contribution in [0, 0.1) is 17.8 Å². The molecule has 2 nitrogen and oxygen atoms in total. The van der Waals surface area contributed by atoms with Crippen LogP contribution in [0.15, 0.2) is 0 Å². The molecule has 0 aromatic rings. The summed E-state index contributed by atoms with van der Waals surface area (Å²) in [5.74, 6) is 2.81. The van der Waals surface area contributed by atoms with Crippen LogP contribution in [0.2, 0.25) is 0 Å². The maximum atomic E-state index is 3.74. The molecular weight excluding hydrogens is 244 g/mol. The molecule has 2 fully saturated rings. The number of nitrogens with zero attached hydrogens (tertiary/aromatic N) is 1. The summed E-state index contributed by atoms with van der Waals surface area (Å²) in [6, 6.07) is 1.44. The Morgan fingerprint density at radius 3 is 2.35 bits per heavy atom. The molecule has 2 rings (SSSR count). The highest BCUT2D eigenvalue weighted by molar-refractivity contribution is 4.86. The van der Waals surface area contributed by atoms with E-state index in [1.165, 1.54) is 58.2 Å². The second-order valence-corrected chi connectivity index (χ2v) is 7.83. The molecule has 2 unspecified atom stereocenters. The summed E-state index contributed by atoms with van der Waals surface area (Å²) in [5, 5.41) is 3.74. The Labute approximate surface area is 126 Å². The van der Waals surface area contributed by atoms with E-state index < -0.39 is 0 Å². The number of rotatable bonds is 5. The van der Waals surface area contributed by atoms with E-state index in [0.29, 0.717) is 0 Å². The van der Waals surface area contributed by atoms with Gasteiger partial charge in [0.2, 0.25) is 0 Å². The van der Waals surface area contributed by atoms with Crippen molar-refractivity contribution in [2.75, 3.05) is 19.6 Å². The molecule has 0 spiro atoms. The van der Waals surface area contributed by atoms with Crippen molar-refractivity contribution in [2.45, 2.75) is 78.3 Å². The van der Waals surface area contributed by atoms with Crippen LogP contribution in [-0.2, 0) is 0 Å². The first kappa shape index (κ1) is 16.3. The smallest absolute Gasteiger partial charge is 0.0198 e. The molecule has 1 saturated carbocycles. The predicted molar refractivity (Wildman–Crippen MR) is 88.0 cm³/mol. The van der Waals surface area contributed by atoms with Gasteiger partial charge in [-0.1, -0.05) is 40.0 Å². The van der Waals surface area contributed by atoms with Crippen molar-refractivity contribution in [3.05, 3.63) is 0 Å². The molecule has 118 valence electrons. The fourth-order valence-electron chi connectivity index (χ4n) is 4.13. The van der Waals surface area contributed by atoms with Gasteiger partial charge in [0.05, 0.1) is 0 Å². The molecule has 1 aliphatic heterocycles. The summed E-state index contributed by atoms with van der Waals surface area (Å²) in [7, 11) is 0. The SMILES string of the molecule is CCC1CCC(CN2CC(CC(C)C)NCC2C)CC1. The van der Waals surface area contributed by atoms with Gasteiger partial charge < -0.3 is 5.32 Å². The largest absolute Gasteiger partial charge is 0.311 e. The number of hydrogen-bond acceptors (Lipinski definition) is 2. The van der Waals surface area contributed by atoms with Gasteiger partial charge >= 0.3 is 0 Å². The van der Waals surface area contributed by atoms with Gasteiger partial charge in [-0.2, -0.15) is 0 Å². The number of nitrogens with one attached hydrogen (secondary N) is 1. The zero-order valence-electron chi connectivity index (χ0n) is 14.2. The van der Waals surface area contributed by atoms with E-state index in [1.54, 1.807) is 0 Å². The molecule has 2 atom stereocenters. The van der Waals surface area contributed by atoms with E-state index in [1.807, 2.05) is 0 Å². The van der Waals surface area contributed by atoms with Crippen molar-refractivity contribution in [2.24, 2.45) is 17.8 Å². The molecule has 2 aliphatic rings. The van der Waals surface area contributed by atoms with Crippen molar-refractivity contribution in [1.29, 1.82) is 0 Å². The Kier molecular flexibility index (Phi) is 6.35. The van der Waals surface area contributed by atoms with E-state index in [-0.39, 0.29) is 0 Å². The van der Waals surface area contributed by atoms with Gasteiger partial charge in [-0.15, -0.1) is 0 Å². The van der Waals surface area contributed by atoms with E-state index in [2.05, 4.69) is 37.9 Å². The van der Waals surface area contributed by atoms with Crippen LogP contribution in [0.4, 0.5) is 0 Å². The standard InChI is InChI=1S/C18H36N2/c1-5-16-6-8-17(9-7-16)12-20-13-18(10-14(2)3)19-11-15(20)4/h14-19H,5-13H2,1-4H3. The van der Waals surface area contributed by atoms with Crippen LogP contribution in [0.25, 0.3) is 0 Å². The minimum absolute atomic E-state index is 0.721. The highest BCUT2D eigenvalue weighted by Gasteiger charge is 2.28. The summed E-state index contributed by atoms with van der Waals surface area (Å²) in [5.41, 5.74) is 0. The summed E-state index contributed by atoms with van der Waals surface area (Å²) < 4.78 is 0. The lowest BCUT2D eigenvalue weighted by Gasteiger charge is -2.42. The summed E-state index contributed by atoms with van der Waals surface area (Å²) >= 11 is 0. The van der Waals surface area contributed by atoms with Crippen molar-refractivity contribution in [1.82, 2.24) is 10.2 Å². The summed E-state index contributed by atoms with van der Waals surface area (Å²) in [4.78, 5) is 2.78. The minimum Gasteiger partial charge on any atom is -0.311 e. The van der Waals surface area contributed by atoms with E-state index in [0.717, 1.165) is 29.8 Å². The molecule has 0 aromatic carbocycles. The van der Waals surface area contributed by atoms with Gasteiger partial charge in [0, 0.05) is 31.7 Å². The van der Waals surface area contributed by atoms with E-state index in [4.69, 9.17) is 0 Å². The van der Waals surface area contributed by atoms with E-state index in [9.17, 15) is 0 Å².